The molecule has 0 fully saturated rings. The van der Waals surface area contributed by atoms with E-state index >= 15 is 0 Å². The summed E-state index contributed by atoms with van der Waals surface area (Å²) < 4.78 is 0. The Morgan fingerprint density at radius 3 is 2.38 bits per heavy atom. The molecule has 0 aliphatic rings. The molecular weight excluding hydrogens is 241 g/mol. The summed E-state index contributed by atoms with van der Waals surface area (Å²) in [5.74, 6) is 0.606. The molecule has 1 N–H and O–H groups in total. The number of hydrogen-bond acceptors (Lipinski definition) is 1. The molecule has 1 rings (SSSR count). The lowest BCUT2D eigenvalue weighted by Gasteiger charge is -2.22. The van der Waals surface area contributed by atoms with Gasteiger partial charge >= 0.3 is 0 Å². The topological polar surface area (TPSA) is 12.0 Å². The largest absolute Gasteiger partial charge is 0.314 e. The highest BCUT2D eigenvalue weighted by molar-refractivity contribution is 6.42. The monoisotopic (exact) mass is 259 g/mol. The Morgan fingerprint density at radius 2 is 1.88 bits per heavy atom. The molecular formula is C13H19Cl2N. The Morgan fingerprint density at radius 1 is 1.19 bits per heavy atom. The van der Waals surface area contributed by atoms with Crippen molar-refractivity contribution in [3.63, 3.8) is 0 Å². The summed E-state index contributed by atoms with van der Waals surface area (Å²) in [4.78, 5) is 0. The molecule has 0 radical (unpaired) electrons. The number of halogens is 2. The van der Waals surface area contributed by atoms with E-state index in [2.05, 4.69) is 26.1 Å². The van der Waals surface area contributed by atoms with E-state index in [0.717, 1.165) is 13.0 Å². The van der Waals surface area contributed by atoms with E-state index in [1.165, 1.54) is 5.56 Å². The van der Waals surface area contributed by atoms with E-state index in [1.807, 2.05) is 18.2 Å². The quantitative estimate of drug-likeness (QED) is 0.837. The molecule has 0 aromatic heterocycles. The van der Waals surface area contributed by atoms with Crippen LogP contribution in [-0.2, 0) is 6.42 Å². The first-order chi connectivity index (χ1) is 7.54. The maximum Gasteiger partial charge on any atom is 0.0595 e. The summed E-state index contributed by atoms with van der Waals surface area (Å²) >= 11 is 11.9. The number of nitrogens with one attached hydrogen (secondary N) is 1. The van der Waals surface area contributed by atoms with Crippen LogP contribution in [0.4, 0.5) is 0 Å². The predicted molar refractivity (Wildman–Crippen MR) is 72.5 cm³/mol. The summed E-state index contributed by atoms with van der Waals surface area (Å²) in [6, 6.07) is 6.35. The zero-order valence-electron chi connectivity index (χ0n) is 10.1. The van der Waals surface area contributed by atoms with Crippen molar-refractivity contribution in [1.29, 1.82) is 0 Å². The van der Waals surface area contributed by atoms with E-state index in [-0.39, 0.29) is 0 Å². The highest BCUT2D eigenvalue weighted by atomic mass is 35.5. The van der Waals surface area contributed by atoms with Crippen molar-refractivity contribution >= 4 is 23.2 Å². The minimum Gasteiger partial charge on any atom is -0.314 e. The molecule has 0 saturated heterocycles. The van der Waals surface area contributed by atoms with Crippen LogP contribution in [0.1, 0.15) is 26.3 Å². The first-order valence-electron chi connectivity index (χ1n) is 5.72. The van der Waals surface area contributed by atoms with Gasteiger partial charge in [0.05, 0.1) is 10.0 Å². The maximum atomic E-state index is 6.00. The Hall–Kier alpha value is -0.240. The van der Waals surface area contributed by atoms with Gasteiger partial charge < -0.3 is 5.32 Å². The molecule has 0 saturated carbocycles. The second-order valence-electron chi connectivity index (χ2n) is 4.36. The van der Waals surface area contributed by atoms with Gasteiger partial charge in [0.15, 0.2) is 0 Å². The maximum absolute atomic E-state index is 6.00. The number of rotatable bonds is 5. The van der Waals surface area contributed by atoms with Crippen LogP contribution < -0.4 is 5.32 Å². The fourth-order valence-electron chi connectivity index (χ4n) is 1.73. The van der Waals surface area contributed by atoms with E-state index in [4.69, 9.17) is 23.2 Å². The number of likely N-dealkylation sites (N-methyl/N-ethyl adjacent to an activating group) is 1. The fraction of sp³-hybridized carbons (Fsp3) is 0.538. The number of benzene rings is 1. The van der Waals surface area contributed by atoms with Gasteiger partial charge in [-0.2, -0.15) is 0 Å². The molecule has 90 valence electrons. The molecule has 0 heterocycles. The second-order valence-corrected chi connectivity index (χ2v) is 5.18. The highest BCUT2D eigenvalue weighted by Crippen LogP contribution is 2.23. The third kappa shape index (κ3) is 3.97. The SMILES string of the molecule is CCNC(Cc1ccc(Cl)c(Cl)c1)C(C)C. The van der Waals surface area contributed by atoms with Crippen molar-refractivity contribution in [1.82, 2.24) is 5.32 Å². The molecule has 1 atom stereocenters. The first kappa shape index (κ1) is 13.8. The van der Waals surface area contributed by atoms with E-state index in [1.54, 1.807) is 0 Å². The predicted octanol–water partition coefficient (Wildman–Crippen LogP) is 4.17. The van der Waals surface area contributed by atoms with Crippen LogP contribution in [-0.4, -0.2) is 12.6 Å². The number of hydrogen-bond donors (Lipinski definition) is 1. The smallest absolute Gasteiger partial charge is 0.0595 e. The summed E-state index contributed by atoms with van der Waals surface area (Å²) in [5, 5.41) is 4.75. The van der Waals surface area contributed by atoms with Crippen molar-refractivity contribution < 1.29 is 0 Å². The van der Waals surface area contributed by atoms with Gasteiger partial charge in [-0.25, -0.2) is 0 Å². The van der Waals surface area contributed by atoms with Crippen LogP contribution in [0, 0.1) is 5.92 Å². The van der Waals surface area contributed by atoms with Gasteiger partial charge in [0.2, 0.25) is 0 Å². The minimum atomic E-state index is 0.488. The van der Waals surface area contributed by atoms with Crippen LogP contribution in [0.5, 0.6) is 0 Å². The summed E-state index contributed by atoms with van der Waals surface area (Å²) in [5.41, 5.74) is 1.23. The third-order valence-electron chi connectivity index (χ3n) is 2.71. The second kappa shape index (κ2) is 6.48. The molecule has 16 heavy (non-hydrogen) atoms. The van der Waals surface area contributed by atoms with Gasteiger partial charge in [0.25, 0.3) is 0 Å². The molecule has 1 aromatic carbocycles. The summed E-state index contributed by atoms with van der Waals surface area (Å²) in [6.07, 6.45) is 0.988. The standard InChI is InChI=1S/C13H19Cl2N/c1-4-16-13(9(2)3)8-10-5-6-11(14)12(15)7-10/h5-7,9,13,16H,4,8H2,1-3H3. The summed E-state index contributed by atoms with van der Waals surface area (Å²) in [6.45, 7) is 7.57. The van der Waals surface area contributed by atoms with Crippen LogP contribution in [0.25, 0.3) is 0 Å². The van der Waals surface area contributed by atoms with Crippen LogP contribution in [0.3, 0.4) is 0 Å². The Balaban J connectivity index is 2.73. The van der Waals surface area contributed by atoms with E-state index in [0.29, 0.717) is 22.0 Å². The van der Waals surface area contributed by atoms with E-state index < -0.39 is 0 Å². The molecule has 1 aromatic rings. The van der Waals surface area contributed by atoms with Crippen molar-refractivity contribution in [2.45, 2.75) is 33.2 Å². The van der Waals surface area contributed by atoms with Crippen molar-refractivity contribution in [2.75, 3.05) is 6.54 Å². The van der Waals surface area contributed by atoms with Gasteiger partial charge in [-0.05, 0) is 36.6 Å². The Bertz CT molecular complexity index is 337. The average molecular weight is 260 g/mol. The van der Waals surface area contributed by atoms with Crippen molar-refractivity contribution in [3.05, 3.63) is 33.8 Å². The van der Waals surface area contributed by atoms with Crippen molar-refractivity contribution in [2.24, 2.45) is 5.92 Å². The third-order valence-corrected chi connectivity index (χ3v) is 3.45. The zero-order valence-corrected chi connectivity index (χ0v) is 11.6. The molecule has 3 heteroatoms. The lowest BCUT2D eigenvalue weighted by Crippen LogP contribution is -2.35. The molecule has 1 unspecified atom stereocenters. The molecule has 0 aliphatic heterocycles. The van der Waals surface area contributed by atoms with E-state index in [9.17, 15) is 0 Å². The molecule has 0 aliphatic carbocycles. The lowest BCUT2D eigenvalue weighted by atomic mass is 9.96. The average Bonchev–Trinajstić information content (AvgIpc) is 2.22. The zero-order chi connectivity index (χ0) is 12.1. The molecule has 0 amide bonds. The van der Waals surface area contributed by atoms with Crippen LogP contribution >= 0.6 is 23.2 Å². The Labute approximate surface area is 108 Å². The van der Waals surface area contributed by atoms with Gasteiger partial charge in [-0.1, -0.05) is 50.0 Å². The normalized spacial score (nSPS) is 13.1. The van der Waals surface area contributed by atoms with Gasteiger partial charge in [0, 0.05) is 6.04 Å². The molecule has 0 bridgehead atoms. The van der Waals surface area contributed by atoms with Crippen LogP contribution in [0.2, 0.25) is 10.0 Å². The summed E-state index contributed by atoms with van der Waals surface area (Å²) in [7, 11) is 0. The van der Waals surface area contributed by atoms with Gasteiger partial charge in [-0.3, -0.25) is 0 Å². The Kier molecular flexibility index (Phi) is 5.60. The van der Waals surface area contributed by atoms with Crippen LogP contribution in [0.15, 0.2) is 18.2 Å². The van der Waals surface area contributed by atoms with Gasteiger partial charge in [-0.15, -0.1) is 0 Å². The van der Waals surface area contributed by atoms with Gasteiger partial charge in [0.1, 0.15) is 0 Å². The minimum absolute atomic E-state index is 0.488. The first-order valence-corrected chi connectivity index (χ1v) is 6.47. The molecule has 0 spiro atoms. The highest BCUT2D eigenvalue weighted by Gasteiger charge is 2.13. The molecule has 1 nitrogen and oxygen atoms in total. The lowest BCUT2D eigenvalue weighted by molar-refractivity contribution is 0.405. The fourth-order valence-corrected chi connectivity index (χ4v) is 2.05. The van der Waals surface area contributed by atoms with Crippen molar-refractivity contribution in [3.8, 4) is 0 Å².